The predicted molar refractivity (Wildman–Crippen MR) is 88.4 cm³/mol. The Morgan fingerprint density at radius 1 is 1.25 bits per heavy atom. The van der Waals surface area contributed by atoms with Gasteiger partial charge >= 0.3 is 0 Å². The van der Waals surface area contributed by atoms with E-state index in [2.05, 4.69) is 16.4 Å². The van der Waals surface area contributed by atoms with E-state index in [9.17, 15) is 9.65 Å². The van der Waals surface area contributed by atoms with Crippen molar-refractivity contribution >= 4 is 11.6 Å². The van der Waals surface area contributed by atoms with Crippen LogP contribution in [0.3, 0.4) is 0 Å². The van der Waals surface area contributed by atoms with Crippen molar-refractivity contribution in [1.82, 2.24) is 14.9 Å². The molecule has 0 saturated heterocycles. The van der Waals surface area contributed by atoms with Crippen LogP contribution in [0.2, 0.25) is 5.02 Å². The molecule has 0 spiro atoms. The van der Waals surface area contributed by atoms with Crippen LogP contribution in [-0.2, 0) is 6.54 Å². The Morgan fingerprint density at radius 2 is 2.08 bits per heavy atom. The summed E-state index contributed by atoms with van der Waals surface area (Å²) in [6, 6.07) is 13.9. The second kappa shape index (κ2) is 5.75. The molecule has 0 aliphatic carbocycles. The number of nitriles is 1. The first-order valence-corrected chi connectivity index (χ1v) is 7.81. The molecule has 118 valence electrons. The number of nitrogens with one attached hydrogen (secondary N) is 1. The number of fused-ring (bicyclic) bond motifs is 3. The third-order valence-corrected chi connectivity index (χ3v) is 4.46. The van der Waals surface area contributed by atoms with Crippen LogP contribution in [0.15, 0.2) is 48.8 Å². The van der Waals surface area contributed by atoms with E-state index >= 15 is 0 Å². The number of imidazole rings is 1. The molecule has 3 aromatic rings. The van der Waals surface area contributed by atoms with Gasteiger partial charge < -0.3 is 9.88 Å². The van der Waals surface area contributed by atoms with E-state index < -0.39 is 0 Å². The average Bonchev–Trinajstić information content (AvgIpc) is 2.92. The average molecular weight is 339 g/mol. The fraction of sp³-hybridized carbons (Fsp3) is 0.111. The first-order valence-electron chi connectivity index (χ1n) is 7.43. The van der Waals surface area contributed by atoms with E-state index in [1.807, 2.05) is 16.7 Å². The molecule has 0 fully saturated rings. The van der Waals surface area contributed by atoms with Crippen LogP contribution in [0.25, 0.3) is 5.69 Å². The number of nitrogens with zero attached hydrogens (tertiary/aromatic N) is 3. The molecule has 1 aliphatic heterocycles. The molecular weight excluding hydrogens is 327 g/mol. The van der Waals surface area contributed by atoms with Crippen molar-refractivity contribution in [3.05, 3.63) is 82.1 Å². The molecule has 2 aromatic carbocycles. The minimum absolute atomic E-state index is 0.286. The molecule has 0 amide bonds. The van der Waals surface area contributed by atoms with E-state index in [1.54, 1.807) is 30.6 Å². The van der Waals surface area contributed by atoms with Gasteiger partial charge in [-0.15, -0.1) is 0 Å². The zero-order chi connectivity index (χ0) is 16.7. The summed E-state index contributed by atoms with van der Waals surface area (Å²) in [5.41, 5.74) is 3.32. The molecule has 0 saturated carbocycles. The van der Waals surface area contributed by atoms with Crippen LogP contribution in [0, 0.1) is 17.1 Å². The van der Waals surface area contributed by atoms with Crippen molar-refractivity contribution in [1.29, 1.82) is 5.26 Å². The number of rotatable bonds is 1. The maximum absolute atomic E-state index is 14.4. The quantitative estimate of drug-likeness (QED) is 0.735. The van der Waals surface area contributed by atoms with Gasteiger partial charge in [0.1, 0.15) is 18.2 Å². The van der Waals surface area contributed by atoms with Gasteiger partial charge in [-0.3, -0.25) is 0 Å². The normalized spacial score (nSPS) is 16.0. The predicted octanol–water partition coefficient (Wildman–Crippen LogP) is 3.73. The van der Waals surface area contributed by atoms with Gasteiger partial charge in [0.05, 0.1) is 17.4 Å². The van der Waals surface area contributed by atoms with Crippen LogP contribution in [-0.4, -0.2) is 9.55 Å². The van der Waals surface area contributed by atoms with Crippen molar-refractivity contribution in [2.45, 2.75) is 12.6 Å². The minimum Gasteiger partial charge on any atom is -0.300 e. The summed E-state index contributed by atoms with van der Waals surface area (Å²) in [4.78, 5) is 4.15. The van der Waals surface area contributed by atoms with E-state index in [1.165, 1.54) is 6.07 Å². The number of hydrogen-bond acceptors (Lipinski definition) is 3. The summed E-state index contributed by atoms with van der Waals surface area (Å²) in [5, 5.41) is 13.2. The Labute approximate surface area is 143 Å². The van der Waals surface area contributed by atoms with Crippen LogP contribution in [0.5, 0.6) is 0 Å². The van der Waals surface area contributed by atoms with Gasteiger partial charge in [-0.1, -0.05) is 29.8 Å². The molecule has 4 rings (SSSR count). The molecule has 1 atom stereocenters. The SMILES string of the molecule is N#Cc1ncn2c1CNC(c1ccccc1F)c1cc(Cl)ccc1-2. The number of halogens is 2. The summed E-state index contributed by atoms with van der Waals surface area (Å²) < 4.78 is 16.2. The van der Waals surface area contributed by atoms with Crippen LogP contribution >= 0.6 is 11.6 Å². The van der Waals surface area contributed by atoms with Gasteiger partial charge in [0.25, 0.3) is 0 Å². The van der Waals surface area contributed by atoms with Crippen LogP contribution < -0.4 is 5.32 Å². The van der Waals surface area contributed by atoms with E-state index in [4.69, 9.17) is 11.6 Å². The lowest BCUT2D eigenvalue weighted by molar-refractivity contribution is 0.550. The Balaban J connectivity index is 1.96. The highest BCUT2D eigenvalue weighted by atomic mass is 35.5. The molecule has 0 bridgehead atoms. The third-order valence-electron chi connectivity index (χ3n) is 4.22. The smallest absolute Gasteiger partial charge is 0.163 e. The highest BCUT2D eigenvalue weighted by Gasteiger charge is 2.27. The first kappa shape index (κ1) is 14.9. The molecule has 1 N–H and O–H groups in total. The highest BCUT2D eigenvalue weighted by molar-refractivity contribution is 6.30. The lowest BCUT2D eigenvalue weighted by Crippen LogP contribution is -2.22. The van der Waals surface area contributed by atoms with Crippen molar-refractivity contribution in [2.24, 2.45) is 0 Å². The fourth-order valence-corrected chi connectivity index (χ4v) is 3.30. The lowest BCUT2D eigenvalue weighted by Gasteiger charge is -2.20. The number of aromatic nitrogens is 2. The van der Waals surface area contributed by atoms with Gasteiger partial charge in [-0.05, 0) is 29.8 Å². The second-order valence-corrected chi connectivity index (χ2v) is 6.00. The van der Waals surface area contributed by atoms with Gasteiger partial charge in [0, 0.05) is 17.1 Å². The van der Waals surface area contributed by atoms with Gasteiger partial charge in [0.2, 0.25) is 0 Å². The van der Waals surface area contributed by atoms with Gasteiger partial charge in [-0.2, -0.15) is 5.26 Å². The Hall–Kier alpha value is -2.68. The van der Waals surface area contributed by atoms with E-state index in [-0.39, 0.29) is 11.9 Å². The summed E-state index contributed by atoms with van der Waals surface area (Å²) in [6.45, 7) is 0.397. The number of hydrogen-bond donors (Lipinski definition) is 1. The van der Waals surface area contributed by atoms with E-state index in [0.717, 1.165) is 16.9 Å². The summed E-state index contributed by atoms with van der Waals surface area (Å²) in [6.07, 6.45) is 1.62. The molecule has 1 aromatic heterocycles. The number of benzene rings is 2. The summed E-state index contributed by atoms with van der Waals surface area (Å²) in [5.74, 6) is -0.286. The monoisotopic (exact) mass is 338 g/mol. The second-order valence-electron chi connectivity index (χ2n) is 5.56. The minimum atomic E-state index is -0.369. The Kier molecular flexibility index (Phi) is 3.57. The van der Waals surface area contributed by atoms with Crippen molar-refractivity contribution in [2.75, 3.05) is 0 Å². The standard InChI is InChI=1S/C18H12ClFN4/c19-11-5-6-16-13(7-11)18(12-3-1-2-4-14(12)20)22-9-17-15(8-21)23-10-24(16)17/h1-7,10,18,22H,9H2. The summed E-state index contributed by atoms with van der Waals surface area (Å²) >= 11 is 6.18. The van der Waals surface area contributed by atoms with Crippen molar-refractivity contribution in [3.8, 4) is 11.8 Å². The maximum Gasteiger partial charge on any atom is 0.163 e. The largest absolute Gasteiger partial charge is 0.300 e. The van der Waals surface area contributed by atoms with Crippen LogP contribution in [0.4, 0.5) is 4.39 Å². The van der Waals surface area contributed by atoms with Gasteiger partial charge in [-0.25, -0.2) is 9.37 Å². The molecule has 1 aliphatic rings. The fourth-order valence-electron chi connectivity index (χ4n) is 3.12. The molecule has 4 nitrogen and oxygen atoms in total. The topological polar surface area (TPSA) is 53.6 Å². The Morgan fingerprint density at radius 3 is 2.88 bits per heavy atom. The van der Waals surface area contributed by atoms with Crippen molar-refractivity contribution < 1.29 is 4.39 Å². The maximum atomic E-state index is 14.4. The third kappa shape index (κ3) is 2.28. The zero-order valence-corrected chi connectivity index (χ0v) is 13.3. The molecule has 0 radical (unpaired) electrons. The summed E-state index contributed by atoms with van der Waals surface area (Å²) in [7, 11) is 0. The van der Waals surface area contributed by atoms with Crippen molar-refractivity contribution in [3.63, 3.8) is 0 Å². The van der Waals surface area contributed by atoms with Gasteiger partial charge in [0.15, 0.2) is 5.69 Å². The molecule has 6 heteroatoms. The molecule has 24 heavy (non-hydrogen) atoms. The van der Waals surface area contributed by atoms with Crippen LogP contribution in [0.1, 0.15) is 28.6 Å². The molecular formula is C18H12ClFN4. The lowest BCUT2D eigenvalue weighted by atomic mass is 9.97. The highest BCUT2D eigenvalue weighted by Crippen LogP contribution is 2.34. The first-order chi connectivity index (χ1) is 11.7. The Bertz CT molecular complexity index is 973. The zero-order valence-electron chi connectivity index (χ0n) is 12.5. The molecule has 1 unspecified atom stereocenters. The molecule has 2 heterocycles. The van der Waals surface area contributed by atoms with E-state index in [0.29, 0.717) is 22.8 Å².